The number of aromatic nitrogens is 1. The number of β-amino-alcohol motifs (C(OH)–C–C–N with tert-alkyl or cyclic N) is 1. The van der Waals surface area contributed by atoms with Crippen LogP contribution in [0, 0.1) is 16.6 Å². The van der Waals surface area contributed by atoms with E-state index < -0.39 is 11.9 Å². The fraction of sp³-hybridized carbons (Fsp3) is 0.400. The first-order valence-electron chi connectivity index (χ1n) is 5.02. The van der Waals surface area contributed by atoms with Crippen molar-refractivity contribution < 1.29 is 9.50 Å². The van der Waals surface area contributed by atoms with E-state index in [1.165, 1.54) is 12.1 Å². The van der Waals surface area contributed by atoms with Crippen molar-refractivity contribution in [2.24, 2.45) is 0 Å². The van der Waals surface area contributed by atoms with Crippen LogP contribution in [0.3, 0.4) is 0 Å². The number of nitrogens with zero attached hydrogens (tertiary/aromatic N) is 2. The van der Waals surface area contributed by atoms with E-state index >= 15 is 0 Å². The van der Waals surface area contributed by atoms with Gasteiger partial charge >= 0.3 is 0 Å². The van der Waals surface area contributed by atoms with Gasteiger partial charge < -0.3 is 10.0 Å². The summed E-state index contributed by atoms with van der Waals surface area (Å²) >= 11 is 0. The normalized spacial score (nSPS) is 20.1. The van der Waals surface area contributed by atoms with E-state index in [9.17, 15) is 9.50 Å². The number of halogens is 1. The highest BCUT2D eigenvalue weighted by Gasteiger charge is 2.23. The van der Waals surface area contributed by atoms with Crippen LogP contribution in [0.5, 0.6) is 0 Å². The third kappa shape index (κ3) is 1.96. The van der Waals surface area contributed by atoms with Gasteiger partial charge in [0.05, 0.1) is 6.10 Å². The minimum atomic E-state index is -0.486. The summed E-state index contributed by atoms with van der Waals surface area (Å²) in [4.78, 5) is 1.63. The lowest BCUT2D eigenvalue weighted by molar-refractivity contribution is 0.187. The number of aliphatic hydroxyl groups is 1. The van der Waals surface area contributed by atoms with Gasteiger partial charge in [0.25, 0.3) is 0 Å². The predicted molar refractivity (Wildman–Crippen MR) is 55.6 cm³/mol. The molecular weight excluding hydrogens is 211 g/mol. The van der Waals surface area contributed by atoms with E-state index in [0.29, 0.717) is 19.5 Å². The van der Waals surface area contributed by atoms with Crippen molar-refractivity contribution in [2.75, 3.05) is 13.1 Å². The van der Waals surface area contributed by atoms with Crippen LogP contribution in [0.25, 0.3) is 0 Å². The second kappa shape index (κ2) is 4.05. The molecule has 1 aromatic rings. The first kappa shape index (κ1) is 10.8. The van der Waals surface area contributed by atoms with Gasteiger partial charge in [0.2, 0.25) is 5.96 Å². The van der Waals surface area contributed by atoms with Crippen molar-refractivity contribution >= 4 is 5.96 Å². The molecule has 2 rings (SSSR count). The van der Waals surface area contributed by atoms with Crippen molar-refractivity contribution in [1.82, 2.24) is 9.47 Å². The van der Waals surface area contributed by atoms with Crippen LogP contribution in [0.2, 0.25) is 0 Å². The van der Waals surface area contributed by atoms with Crippen LogP contribution in [-0.4, -0.2) is 39.7 Å². The molecule has 0 bridgehead atoms. The highest BCUT2D eigenvalue weighted by Crippen LogP contribution is 2.09. The molecule has 2 heterocycles. The Morgan fingerprint density at radius 2 is 2.25 bits per heavy atom. The fourth-order valence-electron chi connectivity index (χ4n) is 1.74. The maximum Gasteiger partial charge on any atom is 0.203 e. The average Bonchev–Trinajstić information content (AvgIpc) is 2.67. The second-order valence-corrected chi connectivity index (χ2v) is 3.81. The van der Waals surface area contributed by atoms with Gasteiger partial charge in [-0.3, -0.25) is 15.4 Å². The molecule has 0 unspecified atom stereocenters. The van der Waals surface area contributed by atoms with E-state index in [4.69, 9.17) is 10.8 Å². The first-order valence-corrected chi connectivity index (χ1v) is 5.02. The zero-order valence-corrected chi connectivity index (χ0v) is 8.65. The zero-order valence-electron chi connectivity index (χ0n) is 8.65. The Hall–Kier alpha value is -1.69. The van der Waals surface area contributed by atoms with Gasteiger partial charge in [0.15, 0.2) is 0 Å². The molecule has 1 aliphatic heterocycles. The maximum atomic E-state index is 13.0. The lowest BCUT2D eigenvalue weighted by Crippen LogP contribution is -2.39. The molecule has 0 saturated carbocycles. The van der Waals surface area contributed by atoms with Gasteiger partial charge in [-0.2, -0.15) is 0 Å². The number of hydrogen-bond donors (Lipinski definition) is 3. The van der Waals surface area contributed by atoms with E-state index in [0.717, 1.165) is 10.8 Å². The second-order valence-electron chi connectivity index (χ2n) is 3.81. The van der Waals surface area contributed by atoms with Crippen LogP contribution >= 0.6 is 0 Å². The van der Waals surface area contributed by atoms with Crippen molar-refractivity contribution in [2.45, 2.75) is 12.5 Å². The van der Waals surface area contributed by atoms with Gasteiger partial charge in [-0.15, -0.1) is 0 Å². The molecule has 86 valence electrons. The molecule has 0 amide bonds. The number of nitrogens with one attached hydrogen (secondary N) is 2. The Morgan fingerprint density at radius 3 is 2.88 bits per heavy atom. The number of likely N-dealkylation sites (tertiary alicyclic amines) is 1. The molecule has 6 heteroatoms. The number of hydrogen-bond acceptors (Lipinski definition) is 3. The van der Waals surface area contributed by atoms with Gasteiger partial charge in [0.1, 0.15) is 11.3 Å². The number of aliphatic hydroxyl groups excluding tert-OH is 1. The minimum Gasteiger partial charge on any atom is -0.391 e. The molecular formula is C10H13FN4O. The van der Waals surface area contributed by atoms with Crippen LogP contribution in [0.15, 0.2) is 18.3 Å². The molecule has 5 nitrogen and oxygen atoms in total. The van der Waals surface area contributed by atoms with E-state index in [1.54, 1.807) is 4.90 Å². The van der Waals surface area contributed by atoms with Crippen LogP contribution in [0.4, 0.5) is 4.39 Å². The van der Waals surface area contributed by atoms with E-state index in [-0.39, 0.29) is 11.4 Å². The van der Waals surface area contributed by atoms with Gasteiger partial charge in [-0.1, -0.05) is 0 Å². The van der Waals surface area contributed by atoms with Gasteiger partial charge in [-0.25, -0.2) is 4.39 Å². The maximum absolute atomic E-state index is 13.0. The summed E-state index contributed by atoms with van der Waals surface area (Å²) in [5, 5.41) is 24.8. The Labute approximate surface area is 91.8 Å². The molecule has 0 radical (unpaired) electrons. The summed E-state index contributed by atoms with van der Waals surface area (Å²) in [6.07, 6.45) is 1.27. The molecule has 0 aliphatic carbocycles. The van der Waals surface area contributed by atoms with Crippen molar-refractivity contribution in [3.05, 3.63) is 29.6 Å². The topological polar surface area (TPSA) is 76.1 Å². The Bertz CT molecular complexity index is 470. The molecule has 16 heavy (non-hydrogen) atoms. The van der Waals surface area contributed by atoms with Crippen LogP contribution in [0.1, 0.15) is 6.42 Å². The van der Waals surface area contributed by atoms with Crippen LogP contribution < -0.4 is 5.49 Å². The van der Waals surface area contributed by atoms with Crippen LogP contribution in [-0.2, 0) is 0 Å². The SMILES string of the molecule is N=C(N1CC[C@@H](O)C1)n1cc(F)ccc1=N. The average molecular weight is 224 g/mol. The molecule has 1 aliphatic rings. The van der Waals surface area contributed by atoms with Crippen molar-refractivity contribution in [1.29, 1.82) is 10.8 Å². The summed E-state index contributed by atoms with van der Waals surface area (Å²) in [6, 6.07) is 2.49. The monoisotopic (exact) mass is 224 g/mol. The summed E-state index contributed by atoms with van der Waals surface area (Å²) in [5.74, 6) is -0.457. The summed E-state index contributed by atoms with van der Waals surface area (Å²) in [7, 11) is 0. The van der Waals surface area contributed by atoms with E-state index in [2.05, 4.69) is 0 Å². The molecule has 3 N–H and O–H groups in total. The third-order valence-corrected chi connectivity index (χ3v) is 2.60. The third-order valence-electron chi connectivity index (χ3n) is 2.60. The quantitative estimate of drug-likeness (QED) is 0.427. The number of rotatable bonds is 0. The number of pyridine rings is 1. The lowest BCUT2D eigenvalue weighted by Gasteiger charge is -2.20. The Kier molecular flexibility index (Phi) is 2.74. The molecule has 0 spiro atoms. The minimum absolute atomic E-state index is 0.0288. The van der Waals surface area contributed by atoms with Crippen molar-refractivity contribution in [3.8, 4) is 0 Å². The molecule has 1 saturated heterocycles. The summed E-state index contributed by atoms with van der Waals surface area (Å²) in [5.41, 5.74) is 0.0489. The predicted octanol–water partition coefficient (Wildman–Crippen LogP) is -0.0439. The van der Waals surface area contributed by atoms with Gasteiger partial charge in [-0.05, 0) is 18.6 Å². The molecule has 1 fully saturated rings. The van der Waals surface area contributed by atoms with E-state index in [1.807, 2.05) is 0 Å². The largest absolute Gasteiger partial charge is 0.391 e. The highest BCUT2D eigenvalue weighted by molar-refractivity contribution is 5.79. The summed E-state index contributed by atoms with van der Waals surface area (Å²) in [6.45, 7) is 0.921. The Balaban J connectivity index is 2.27. The van der Waals surface area contributed by atoms with Crippen molar-refractivity contribution in [3.63, 3.8) is 0 Å². The highest BCUT2D eigenvalue weighted by atomic mass is 19.1. The smallest absolute Gasteiger partial charge is 0.203 e. The lowest BCUT2D eigenvalue weighted by atomic mass is 10.3. The summed E-state index contributed by atoms with van der Waals surface area (Å²) < 4.78 is 14.2. The fourth-order valence-corrected chi connectivity index (χ4v) is 1.74. The standard InChI is InChI=1S/C10H13FN4O/c11-7-1-2-9(12)15(5-7)10(13)14-4-3-8(16)6-14/h1-2,5,8,12-13,16H,3-4,6H2/t8-/m1/s1. The molecule has 0 aromatic carbocycles. The van der Waals surface area contributed by atoms with Gasteiger partial charge in [0, 0.05) is 19.3 Å². The molecule has 1 atom stereocenters. The first-order chi connectivity index (χ1) is 7.58. The Morgan fingerprint density at radius 1 is 1.50 bits per heavy atom. The molecule has 1 aromatic heterocycles. The zero-order chi connectivity index (χ0) is 11.7.